The number of anilines is 2. The Morgan fingerprint density at radius 1 is 0.972 bits per heavy atom. The quantitative estimate of drug-likeness (QED) is 0.201. The van der Waals surface area contributed by atoms with Crippen molar-refractivity contribution in [3.63, 3.8) is 0 Å². The third-order valence-electron chi connectivity index (χ3n) is 4.92. The van der Waals surface area contributed by atoms with Gasteiger partial charge in [0.2, 0.25) is 5.91 Å². The summed E-state index contributed by atoms with van der Waals surface area (Å²) in [5.74, 6) is -0.115. The van der Waals surface area contributed by atoms with Crippen LogP contribution in [0.3, 0.4) is 0 Å². The topological polar surface area (TPSA) is 82.7 Å². The molecule has 0 atom stereocenters. The van der Waals surface area contributed by atoms with E-state index in [9.17, 15) is 9.59 Å². The van der Waals surface area contributed by atoms with Crippen molar-refractivity contribution in [1.29, 1.82) is 0 Å². The summed E-state index contributed by atoms with van der Waals surface area (Å²) >= 11 is 17.8. The van der Waals surface area contributed by atoms with Gasteiger partial charge in [-0.15, -0.1) is 12.4 Å². The minimum absolute atomic E-state index is 0. The number of unbranched alkanes of at least 4 members (excludes halogenated alkanes) is 2. The maximum atomic E-state index is 12.6. The largest absolute Gasteiger partial charge is 0.490 e. The van der Waals surface area contributed by atoms with Gasteiger partial charge in [-0.05, 0) is 88.5 Å². The van der Waals surface area contributed by atoms with E-state index in [0.717, 1.165) is 32.2 Å². The van der Waals surface area contributed by atoms with Crippen LogP contribution in [0.15, 0.2) is 36.4 Å². The second kappa shape index (κ2) is 16.6. The van der Waals surface area contributed by atoms with Gasteiger partial charge in [0.1, 0.15) is 0 Å². The normalized spacial score (nSPS) is 10.4. The number of amides is 2. The van der Waals surface area contributed by atoms with E-state index in [1.165, 1.54) is 12.1 Å². The molecule has 0 aliphatic carbocycles. The first-order chi connectivity index (χ1) is 16.7. The maximum Gasteiger partial charge on any atom is 0.257 e. The van der Waals surface area contributed by atoms with Crippen molar-refractivity contribution >= 4 is 76.1 Å². The highest BCUT2D eigenvalue weighted by atomic mass is 35.5. The zero-order valence-corrected chi connectivity index (χ0v) is 23.8. The Morgan fingerprint density at radius 2 is 1.56 bits per heavy atom. The van der Waals surface area contributed by atoms with Gasteiger partial charge in [0, 0.05) is 23.4 Å². The molecule has 0 heterocycles. The molecule has 0 unspecified atom stereocenters. The summed E-state index contributed by atoms with van der Waals surface area (Å²) in [6, 6.07) is 10.0. The van der Waals surface area contributed by atoms with Gasteiger partial charge in [0.05, 0.1) is 16.7 Å². The Morgan fingerprint density at radius 3 is 2.11 bits per heavy atom. The standard InChI is InChI=1S/C25H32Cl2N4O3S.ClH/c1-4-5-14-34-23-20(26)15-17(16-21(23)27)24(33)30-25(35)29-19-11-9-18(10-12-19)28-22(32)8-6-7-13-31(2)3;/h9-12,15-16H,4-8,13-14H2,1-3H3,(H,28,32)(H2,29,30,33,35);1H. The number of rotatable bonds is 12. The van der Waals surface area contributed by atoms with Gasteiger partial charge in [-0.2, -0.15) is 0 Å². The number of nitrogens with one attached hydrogen (secondary N) is 3. The molecule has 0 aliphatic heterocycles. The maximum absolute atomic E-state index is 12.6. The molecule has 0 saturated heterocycles. The molecule has 7 nitrogen and oxygen atoms in total. The molecule has 198 valence electrons. The fraction of sp³-hybridized carbons (Fsp3) is 0.400. The van der Waals surface area contributed by atoms with E-state index in [2.05, 4.69) is 27.8 Å². The molecule has 2 aromatic rings. The van der Waals surface area contributed by atoms with Crippen molar-refractivity contribution in [3.8, 4) is 5.75 Å². The zero-order valence-electron chi connectivity index (χ0n) is 20.7. The predicted molar refractivity (Wildman–Crippen MR) is 155 cm³/mol. The van der Waals surface area contributed by atoms with Crippen LogP contribution >= 0.6 is 47.8 Å². The Bertz CT molecular complexity index is 997. The Balaban J connectivity index is 0.00000648. The number of nitrogens with zero attached hydrogens (tertiary/aromatic N) is 1. The van der Waals surface area contributed by atoms with Gasteiger partial charge >= 0.3 is 0 Å². The molecular weight excluding hydrogens is 543 g/mol. The van der Waals surface area contributed by atoms with E-state index in [4.69, 9.17) is 40.2 Å². The SMILES string of the molecule is CCCCOc1c(Cl)cc(C(=O)NC(=S)Nc2ccc(NC(=O)CCCCN(C)C)cc2)cc1Cl.Cl. The molecule has 0 fully saturated rings. The van der Waals surface area contributed by atoms with Crippen LogP contribution in [0.5, 0.6) is 5.75 Å². The second-order valence-electron chi connectivity index (χ2n) is 8.27. The first kappa shape index (κ1) is 31.9. The van der Waals surface area contributed by atoms with Crippen molar-refractivity contribution in [2.45, 2.75) is 39.0 Å². The summed E-state index contributed by atoms with van der Waals surface area (Å²) in [5, 5.41) is 9.05. The highest BCUT2D eigenvalue weighted by Gasteiger charge is 2.15. The lowest BCUT2D eigenvalue weighted by atomic mass is 10.2. The molecular formula is C25H33Cl3N4O3S. The van der Waals surface area contributed by atoms with Crippen molar-refractivity contribution in [2.24, 2.45) is 0 Å². The number of carbonyl (C=O) groups is 2. The summed E-state index contributed by atoms with van der Waals surface area (Å²) in [5.41, 5.74) is 1.61. The molecule has 0 aliphatic rings. The van der Waals surface area contributed by atoms with Crippen molar-refractivity contribution in [2.75, 3.05) is 37.9 Å². The molecule has 0 spiro atoms. The van der Waals surface area contributed by atoms with Gasteiger partial charge in [-0.25, -0.2) is 0 Å². The number of carbonyl (C=O) groups excluding carboxylic acids is 2. The van der Waals surface area contributed by atoms with E-state index in [1.807, 2.05) is 14.1 Å². The third kappa shape index (κ3) is 11.3. The molecule has 3 N–H and O–H groups in total. The molecule has 0 radical (unpaired) electrons. The van der Waals surface area contributed by atoms with E-state index in [0.29, 0.717) is 30.2 Å². The van der Waals surface area contributed by atoms with Crippen LogP contribution in [0.2, 0.25) is 10.0 Å². The average Bonchev–Trinajstić information content (AvgIpc) is 2.79. The van der Waals surface area contributed by atoms with Crippen molar-refractivity contribution in [1.82, 2.24) is 10.2 Å². The third-order valence-corrected chi connectivity index (χ3v) is 5.68. The van der Waals surface area contributed by atoms with Gasteiger partial charge in [0.15, 0.2) is 10.9 Å². The monoisotopic (exact) mass is 574 g/mol. The highest BCUT2D eigenvalue weighted by molar-refractivity contribution is 7.80. The lowest BCUT2D eigenvalue weighted by molar-refractivity contribution is -0.116. The molecule has 2 amide bonds. The van der Waals surface area contributed by atoms with Crippen LogP contribution < -0.4 is 20.7 Å². The minimum Gasteiger partial charge on any atom is -0.490 e. The van der Waals surface area contributed by atoms with Gasteiger partial charge in [-0.3, -0.25) is 14.9 Å². The number of hydrogen-bond donors (Lipinski definition) is 3. The average molecular weight is 576 g/mol. The highest BCUT2D eigenvalue weighted by Crippen LogP contribution is 2.34. The molecule has 0 aromatic heterocycles. The molecule has 0 saturated carbocycles. The summed E-state index contributed by atoms with van der Waals surface area (Å²) in [4.78, 5) is 26.8. The van der Waals surface area contributed by atoms with E-state index in [-0.39, 0.29) is 39.0 Å². The van der Waals surface area contributed by atoms with Gasteiger partial charge in [-0.1, -0.05) is 36.5 Å². The molecule has 0 bridgehead atoms. The Labute approximate surface area is 234 Å². The first-order valence-corrected chi connectivity index (χ1v) is 12.6. The summed E-state index contributed by atoms with van der Waals surface area (Å²) in [6.07, 6.45) is 4.14. The Hall–Kier alpha value is -2.10. The molecule has 2 rings (SSSR count). The number of ether oxygens (including phenoxy) is 1. The van der Waals surface area contributed by atoms with E-state index >= 15 is 0 Å². The second-order valence-corrected chi connectivity index (χ2v) is 9.49. The minimum atomic E-state index is -0.454. The number of thiocarbonyl (C=S) groups is 1. The lowest BCUT2D eigenvalue weighted by Gasteiger charge is -2.13. The van der Waals surface area contributed by atoms with Gasteiger partial charge < -0.3 is 20.3 Å². The zero-order chi connectivity index (χ0) is 25.8. The number of hydrogen-bond acceptors (Lipinski definition) is 5. The van der Waals surface area contributed by atoms with E-state index in [1.54, 1.807) is 24.3 Å². The number of benzene rings is 2. The first-order valence-electron chi connectivity index (χ1n) is 11.5. The Kier molecular flexibility index (Phi) is 14.7. The van der Waals surface area contributed by atoms with Crippen LogP contribution in [0, 0.1) is 0 Å². The van der Waals surface area contributed by atoms with Crippen molar-refractivity contribution in [3.05, 3.63) is 52.0 Å². The van der Waals surface area contributed by atoms with Crippen LogP contribution in [-0.4, -0.2) is 49.1 Å². The molecule has 2 aromatic carbocycles. The fourth-order valence-corrected chi connectivity index (χ4v) is 3.87. The number of halogens is 3. The van der Waals surface area contributed by atoms with E-state index < -0.39 is 5.91 Å². The summed E-state index contributed by atoms with van der Waals surface area (Å²) in [6.45, 7) is 3.51. The fourth-order valence-electron chi connectivity index (χ4n) is 3.06. The molecule has 36 heavy (non-hydrogen) atoms. The van der Waals surface area contributed by atoms with Crippen LogP contribution in [0.1, 0.15) is 49.4 Å². The lowest BCUT2D eigenvalue weighted by Crippen LogP contribution is -2.34. The molecule has 11 heteroatoms. The van der Waals surface area contributed by atoms with Crippen LogP contribution in [0.25, 0.3) is 0 Å². The van der Waals surface area contributed by atoms with Gasteiger partial charge in [0.25, 0.3) is 5.91 Å². The predicted octanol–water partition coefficient (Wildman–Crippen LogP) is 6.39. The van der Waals surface area contributed by atoms with Crippen LogP contribution in [-0.2, 0) is 4.79 Å². The summed E-state index contributed by atoms with van der Waals surface area (Å²) in [7, 11) is 4.03. The summed E-state index contributed by atoms with van der Waals surface area (Å²) < 4.78 is 5.61. The van der Waals surface area contributed by atoms with Crippen molar-refractivity contribution < 1.29 is 14.3 Å². The van der Waals surface area contributed by atoms with Crippen LogP contribution in [0.4, 0.5) is 11.4 Å². The smallest absolute Gasteiger partial charge is 0.257 e.